The Labute approximate surface area is 109 Å². The molecule has 0 fully saturated rings. The minimum Gasteiger partial charge on any atom is -0.351 e. The zero-order valence-electron chi connectivity index (χ0n) is 11.5. The van der Waals surface area contributed by atoms with E-state index < -0.39 is 0 Å². The van der Waals surface area contributed by atoms with Crippen molar-refractivity contribution in [3.05, 3.63) is 29.7 Å². The lowest BCUT2D eigenvalue weighted by Gasteiger charge is -2.26. The van der Waals surface area contributed by atoms with Crippen LogP contribution < -0.4 is 10.2 Å². The smallest absolute Gasteiger partial charge is 0.147 e. The molecule has 0 radical (unpaired) electrons. The Morgan fingerprint density at radius 3 is 2.72 bits per heavy atom. The highest BCUT2D eigenvalue weighted by Crippen LogP contribution is 2.16. The van der Waals surface area contributed by atoms with Crippen molar-refractivity contribution in [1.29, 1.82) is 0 Å². The minimum atomic E-state index is 0.474. The molecule has 0 spiro atoms. The van der Waals surface area contributed by atoms with Crippen LogP contribution in [0.5, 0.6) is 0 Å². The van der Waals surface area contributed by atoms with Gasteiger partial charge in [-0.15, -0.1) is 0 Å². The molecule has 0 amide bonds. The SMILES string of the molecule is CC1=CCN(c2cnc(CNC(C)C)cn2)CC1. The number of nitrogens with zero attached hydrogens (tertiary/aromatic N) is 3. The van der Waals surface area contributed by atoms with Gasteiger partial charge in [0.25, 0.3) is 0 Å². The van der Waals surface area contributed by atoms with Gasteiger partial charge in [0.15, 0.2) is 0 Å². The molecule has 0 atom stereocenters. The summed E-state index contributed by atoms with van der Waals surface area (Å²) >= 11 is 0. The Kier molecular flexibility index (Phi) is 4.31. The van der Waals surface area contributed by atoms with Gasteiger partial charge in [0.2, 0.25) is 0 Å². The Balaban J connectivity index is 1.95. The first-order valence-electron chi connectivity index (χ1n) is 6.60. The number of nitrogens with one attached hydrogen (secondary N) is 1. The third kappa shape index (κ3) is 3.53. The monoisotopic (exact) mass is 246 g/mol. The molecule has 1 N–H and O–H groups in total. The van der Waals surface area contributed by atoms with Crippen LogP contribution in [0.15, 0.2) is 24.0 Å². The van der Waals surface area contributed by atoms with Crippen molar-refractivity contribution in [1.82, 2.24) is 15.3 Å². The molecule has 1 aliphatic rings. The van der Waals surface area contributed by atoms with Crippen LogP contribution >= 0.6 is 0 Å². The Bertz CT molecular complexity index is 408. The second-order valence-corrected chi connectivity index (χ2v) is 5.15. The Morgan fingerprint density at radius 1 is 1.33 bits per heavy atom. The van der Waals surface area contributed by atoms with Crippen LogP contribution in [0, 0.1) is 0 Å². The summed E-state index contributed by atoms with van der Waals surface area (Å²) < 4.78 is 0. The summed E-state index contributed by atoms with van der Waals surface area (Å²) in [5, 5.41) is 3.34. The van der Waals surface area contributed by atoms with Gasteiger partial charge < -0.3 is 10.2 Å². The molecule has 1 aromatic heterocycles. The molecule has 4 heteroatoms. The van der Waals surface area contributed by atoms with Gasteiger partial charge in [-0.1, -0.05) is 25.5 Å². The van der Waals surface area contributed by atoms with Gasteiger partial charge in [-0.2, -0.15) is 0 Å². The van der Waals surface area contributed by atoms with E-state index in [1.165, 1.54) is 5.57 Å². The largest absolute Gasteiger partial charge is 0.351 e. The van der Waals surface area contributed by atoms with Gasteiger partial charge in [0, 0.05) is 25.7 Å². The molecule has 0 saturated heterocycles. The van der Waals surface area contributed by atoms with Crippen molar-refractivity contribution >= 4 is 5.82 Å². The topological polar surface area (TPSA) is 41.1 Å². The predicted molar refractivity (Wildman–Crippen MR) is 74.6 cm³/mol. The van der Waals surface area contributed by atoms with Crippen molar-refractivity contribution < 1.29 is 0 Å². The van der Waals surface area contributed by atoms with E-state index in [-0.39, 0.29) is 0 Å². The van der Waals surface area contributed by atoms with Crippen molar-refractivity contribution in [2.45, 2.75) is 39.8 Å². The molecule has 2 heterocycles. The second kappa shape index (κ2) is 5.96. The van der Waals surface area contributed by atoms with E-state index >= 15 is 0 Å². The third-order valence-corrected chi connectivity index (χ3v) is 3.14. The van der Waals surface area contributed by atoms with Crippen molar-refractivity contribution in [3.8, 4) is 0 Å². The maximum atomic E-state index is 4.50. The summed E-state index contributed by atoms with van der Waals surface area (Å²) in [4.78, 5) is 11.2. The molecular weight excluding hydrogens is 224 g/mol. The summed E-state index contributed by atoms with van der Waals surface area (Å²) in [6, 6.07) is 0.474. The van der Waals surface area contributed by atoms with Crippen molar-refractivity contribution in [2.75, 3.05) is 18.0 Å². The van der Waals surface area contributed by atoms with Crippen LogP contribution in [0.25, 0.3) is 0 Å². The van der Waals surface area contributed by atoms with E-state index in [1.54, 1.807) is 0 Å². The van der Waals surface area contributed by atoms with E-state index in [4.69, 9.17) is 0 Å². The third-order valence-electron chi connectivity index (χ3n) is 3.14. The first-order chi connectivity index (χ1) is 8.65. The Hall–Kier alpha value is -1.42. The summed E-state index contributed by atoms with van der Waals surface area (Å²) in [5.41, 5.74) is 2.47. The van der Waals surface area contributed by atoms with Gasteiger partial charge in [-0.25, -0.2) is 4.98 Å². The van der Waals surface area contributed by atoms with Crippen LogP contribution in [0.1, 0.15) is 32.9 Å². The van der Waals surface area contributed by atoms with Crippen LogP contribution in [-0.2, 0) is 6.54 Å². The number of rotatable bonds is 4. The predicted octanol–water partition coefficient (Wildman–Crippen LogP) is 2.13. The van der Waals surface area contributed by atoms with E-state index in [2.05, 4.69) is 47.0 Å². The summed E-state index contributed by atoms with van der Waals surface area (Å²) in [5.74, 6) is 0.979. The number of hydrogen-bond acceptors (Lipinski definition) is 4. The molecule has 0 aromatic carbocycles. The quantitative estimate of drug-likeness (QED) is 0.826. The summed E-state index contributed by atoms with van der Waals surface area (Å²) in [7, 11) is 0. The maximum Gasteiger partial charge on any atom is 0.147 e. The molecule has 4 nitrogen and oxygen atoms in total. The van der Waals surface area contributed by atoms with Gasteiger partial charge in [0.05, 0.1) is 18.1 Å². The molecule has 0 bridgehead atoms. The number of hydrogen-bond donors (Lipinski definition) is 1. The van der Waals surface area contributed by atoms with E-state index in [9.17, 15) is 0 Å². The number of anilines is 1. The molecular formula is C14H22N4. The molecule has 18 heavy (non-hydrogen) atoms. The van der Waals surface area contributed by atoms with Crippen molar-refractivity contribution in [2.24, 2.45) is 0 Å². The fourth-order valence-corrected chi connectivity index (χ4v) is 1.89. The first-order valence-corrected chi connectivity index (χ1v) is 6.60. The maximum absolute atomic E-state index is 4.50. The fraction of sp³-hybridized carbons (Fsp3) is 0.571. The normalized spacial score (nSPS) is 16.0. The average Bonchev–Trinajstić information content (AvgIpc) is 2.38. The minimum absolute atomic E-state index is 0.474. The van der Waals surface area contributed by atoms with Crippen LogP contribution in [0.4, 0.5) is 5.82 Å². The van der Waals surface area contributed by atoms with Gasteiger partial charge in [0.1, 0.15) is 5.82 Å². The molecule has 1 aliphatic heterocycles. The lowest BCUT2D eigenvalue weighted by atomic mass is 10.1. The zero-order chi connectivity index (χ0) is 13.0. The van der Waals surface area contributed by atoms with Gasteiger partial charge in [-0.3, -0.25) is 4.98 Å². The molecule has 0 unspecified atom stereocenters. The lowest BCUT2D eigenvalue weighted by molar-refractivity contribution is 0.580. The highest BCUT2D eigenvalue weighted by atomic mass is 15.2. The molecule has 2 rings (SSSR count). The number of aromatic nitrogens is 2. The molecule has 98 valence electrons. The van der Waals surface area contributed by atoms with E-state index in [0.29, 0.717) is 6.04 Å². The lowest BCUT2D eigenvalue weighted by Crippen LogP contribution is -2.29. The zero-order valence-corrected chi connectivity index (χ0v) is 11.5. The summed E-state index contributed by atoms with van der Waals surface area (Å²) in [6.45, 7) is 9.22. The standard InChI is InChI=1S/C14H22N4/c1-11(2)15-8-13-9-17-14(10-16-13)18-6-4-12(3)5-7-18/h4,9-11,15H,5-8H2,1-3H3. The molecule has 0 saturated carbocycles. The van der Waals surface area contributed by atoms with Crippen LogP contribution in [0.3, 0.4) is 0 Å². The van der Waals surface area contributed by atoms with Gasteiger partial charge in [-0.05, 0) is 13.3 Å². The highest BCUT2D eigenvalue weighted by molar-refractivity contribution is 5.38. The van der Waals surface area contributed by atoms with E-state index in [0.717, 1.165) is 37.6 Å². The summed E-state index contributed by atoms with van der Waals surface area (Å²) in [6.07, 6.45) is 7.14. The second-order valence-electron chi connectivity index (χ2n) is 5.15. The van der Waals surface area contributed by atoms with Crippen molar-refractivity contribution in [3.63, 3.8) is 0 Å². The Morgan fingerprint density at radius 2 is 2.17 bits per heavy atom. The van der Waals surface area contributed by atoms with Gasteiger partial charge >= 0.3 is 0 Å². The highest BCUT2D eigenvalue weighted by Gasteiger charge is 2.11. The first kappa shape index (κ1) is 13.0. The average molecular weight is 246 g/mol. The van der Waals surface area contributed by atoms with Crippen LogP contribution in [-0.4, -0.2) is 29.1 Å². The fourth-order valence-electron chi connectivity index (χ4n) is 1.89. The van der Waals surface area contributed by atoms with E-state index in [1.807, 2.05) is 12.4 Å². The molecule has 0 aliphatic carbocycles. The van der Waals surface area contributed by atoms with Crippen LogP contribution in [0.2, 0.25) is 0 Å². The molecule has 1 aromatic rings.